The molecule has 2 heterocycles. The Bertz CT molecular complexity index is 1130. The van der Waals surface area contributed by atoms with Crippen LogP contribution in [0.1, 0.15) is 10.4 Å². The van der Waals surface area contributed by atoms with Gasteiger partial charge in [-0.15, -0.1) is 0 Å². The van der Waals surface area contributed by atoms with Crippen LogP contribution in [0.3, 0.4) is 0 Å². The summed E-state index contributed by atoms with van der Waals surface area (Å²) in [5.74, 6) is -0.428. The van der Waals surface area contributed by atoms with E-state index >= 15 is 0 Å². The van der Waals surface area contributed by atoms with Crippen LogP contribution >= 0.6 is 15.9 Å². The normalized spacial score (nSPS) is 10.8. The first-order valence-electron chi connectivity index (χ1n) is 7.67. The number of carbonyl (C=O) groups excluding carboxylic acids is 1. The van der Waals surface area contributed by atoms with Crippen LogP contribution in [0.5, 0.6) is 0 Å². The Morgan fingerprint density at radius 1 is 1.12 bits per heavy atom. The maximum atomic E-state index is 13.3. The number of oxazole rings is 1. The SMILES string of the molecule is O=C(Nc1ccc2oc(-c3cncc(Br)c3)nc2c1)c1cccc(F)c1. The van der Waals surface area contributed by atoms with E-state index in [2.05, 4.69) is 31.2 Å². The quantitative estimate of drug-likeness (QED) is 0.512. The summed E-state index contributed by atoms with van der Waals surface area (Å²) < 4.78 is 19.8. The molecule has 0 unspecified atom stereocenters. The Labute approximate surface area is 156 Å². The number of anilines is 1. The number of nitrogens with zero attached hydrogens (tertiary/aromatic N) is 2. The number of aromatic nitrogens is 2. The molecule has 0 saturated carbocycles. The molecule has 0 radical (unpaired) electrons. The largest absolute Gasteiger partial charge is 0.436 e. The summed E-state index contributed by atoms with van der Waals surface area (Å²) in [5, 5.41) is 2.73. The summed E-state index contributed by atoms with van der Waals surface area (Å²) in [4.78, 5) is 20.8. The van der Waals surface area contributed by atoms with Crippen molar-refractivity contribution in [3.8, 4) is 11.5 Å². The Morgan fingerprint density at radius 2 is 2.00 bits per heavy atom. The van der Waals surface area contributed by atoms with Gasteiger partial charge in [0.05, 0.1) is 5.56 Å². The zero-order chi connectivity index (χ0) is 18.1. The molecule has 7 heteroatoms. The second-order valence-corrected chi connectivity index (χ2v) is 6.47. The van der Waals surface area contributed by atoms with E-state index in [0.29, 0.717) is 22.7 Å². The molecule has 2 aromatic heterocycles. The summed E-state index contributed by atoms with van der Waals surface area (Å²) in [6, 6.07) is 12.5. The van der Waals surface area contributed by atoms with E-state index in [9.17, 15) is 9.18 Å². The van der Waals surface area contributed by atoms with Crippen molar-refractivity contribution in [3.05, 3.63) is 76.8 Å². The van der Waals surface area contributed by atoms with Crippen molar-refractivity contribution in [2.75, 3.05) is 5.32 Å². The van der Waals surface area contributed by atoms with Gasteiger partial charge in [0.25, 0.3) is 5.91 Å². The Balaban J connectivity index is 1.62. The number of rotatable bonds is 3. The van der Waals surface area contributed by atoms with Crippen LogP contribution in [0.4, 0.5) is 10.1 Å². The lowest BCUT2D eigenvalue weighted by molar-refractivity contribution is 0.102. The van der Waals surface area contributed by atoms with Gasteiger partial charge >= 0.3 is 0 Å². The van der Waals surface area contributed by atoms with E-state index in [-0.39, 0.29) is 5.56 Å². The lowest BCUT2D eigenvalue weighted by Gasteiger charge is -2.04. The summed E-state index contributed by atoms with van der Waals surface area (Å²) in [6.07, 6.45) is 3.33. The number of hydrogen-bond acceptors (Lipinski definition) is 4. The summed E-state index contributed by atoms with van der Waals surface area (Å²) in [7, 11) is 0. The number of halogens is 2. The van der Waals surface area contributed by atoms with Gasteiger partial charge in [-0.3, -0.25) is 9.78 Å². The average Bonchev–Trinajstić information content (AvgIpc) is 3.05. The van der Waals surface area contributed by atoms with E-state index in [1.54, 1.807) is 36.7 Å². The number of amides is 1. The van der Waals surface area contributed by atoms with Gasteiger partial charge in [-0.25, -0.2) is 9.37 Å². The predicted molar refractivity (Wildman–Crippen MR) is 99.3 cm³/mol. The van der Waals surface area contributed by atoms with Crippen molar-refractivity contribution in [2.24, 2.45) is 0 Å². The molecule has 26 heavy (non-hydrogen) atoms. The van der Waals surface area contributed by atoms with Crippen molar-refractivity contribution in [2.45, 2.75) is 0 Å². The number of pyridine rings is 1. The van der Waals surface area contributed by atoms with E-state index in [4.69, 9.17) is 4.42 Å². The molecule has 4 rings (SSSR count). The first-order chi connectivity index (χ1) is 12.6. The zero-order valence-electron chi connectivity index (χ0n) is 13.2. The first kappa shape index (κ1) is 16.4. The van der Waals surface area contributed by atoms with E-state index in [1.807, 2.05) is 6.07 Å². The summed E-state index contributed by atoms with van der Waals surface area (Å²) >= 11 is 3.36. The average molecular weight is 412 g/mol. The van der Waals surface area contributed by atoms with Gasteiger partial charge in [0.1, 0.15) is 11.3 Å². The van der Waals surface area contributed by atoms with Crippen LogP contribution in [0.25, 0.3) is 22.6 Å². The molecule has 5 nitrogen and oxygen atoms in total. The van der Waals surface area contributed by atoms with Crippen LogP contribution in [0.2, 0.25) is 0 Å². The van der Waals surface area contributed by atoms with Crippen molar-refractivity contribution in [1.82, 2.24) is 9.97 Å². The third-order valence-electron chi connectivity index (χ3n) is 3.68. The van der Waals surface area contributed by atoms with E-state index in [0.717, 1.165) is 10.0 Å². The number of nitrogens with one attached hydrogen (secondary N) is 1. The maximum Gasteiger partial charge on any atom is 0.255 e. The fraction of sp³-hybridized carbons (Fsp3) is 0. The second kappa shape index (κ2) is 6.68. The van der Waals surface area contributed by atoms with Crippen molar-refractivity contribution >= 4 is 38.6 Å². The van der Waals surface area contributed by atoms with Crippen molar-refractivity contribution < 1.29 is 13.6 Å². The Kier molecular flexibility index (Phi) is 4.22. The fourth-order valence-corrected chi connectivity index (χ4v) is 2.86. The molecule has 128 valence electrons. The third-order valence-corrected chi connectivity index (χ3v) is 4.12. The highest BCUT2D eigenvalue weighted by molar-refractivity contribution is 9.10. The Morgan fingerprint density at radius 3 is 2.81 bits per heavy atom. The molecule has 0 aliphatic carbocycles. The monoisotopic (exact) mass is 411 g/mol. The lowest BCUT2D eigenvalue weighted by Crippen LogP contribution is -2.11. The van der Waals surface area contributed by atoms with E-state index < -0.39 is 11.7 Å². The smallest absolute Gasteiger partial charge is 0.255 e. The molecule has 0 aliphatic rings. The number of hydrogen-bond donors (Lipinski definition) is 1. The first-order valence-corrected chi connectivity index (χ1v) is 8.46. The topological polar surface area (TPSA) is 68.0 Å². The Hall–Kier alpha value is -3.06. The highest BCUT2D eigenvalue weighted by atomic mass is 79.9. The minimum absolute atomic E-state index is 0.242. The minimum Gasteiger partial charge on any atom is -0.436 e. The molecule has 2 aromatic carbocycles. The molecule has 0 bridgehead atoms. The fourth-order valence-electron chi connectivity index (χ4n) is 2.49. The molecule has 0 fully saturated rings. The van der Waals surface area contributed by atoms with Gasteiger partial charge in [-0.1, -0.05) is 6.07 Å². The van der Waals surface area contributed by atoms with Gasteiger partial charge < -0.3 is 9.73 Å². The van der Waals surface area contributed by atoms with E-state index in [1.165, 1.54) is 18.2 Å². The van der Waals surface area contributed by atoms with Gasteiger partial charge in [0.2, 0.25) is 5.89 Å². The highest BCUT2D eigenvalue weighted by Crippen LogP contribution is 2.27. The third kappa shape index (κ3) is 3.34. The molecule has 0 spiro atoms. The highest BCUT2D eigenvalue weighted by Gasteiger charge is 2.12. The summed E-state index contributed by atoms with van der Waals surface area (Å²) in [6.45, 7) is 0. The van der Waals surface area contributed by atoms with Gasteiger partial charge in [-0.05, 0) is 58.4 Å². The summed E-state index contributed by atoms with van der Waals surface area (Å²) in [5.41, 5.74) is 2.70. The van der Waals surface area contributed by atoms with Crippen molar-refractivity contribution in [3.63, 3.8) is 0 Å². The number of benzene rings is 2. The molecular weight excluding hydrogens is 401 g/mol. The molecule has 0 atom stereocenters. The van der Waals surface area contributed by atoms with Crippen LogP contribution in [0.15, 0.2) is 69.8 Å². The second-order valence-electron chi connectivity index (χ2n) is 5.56. The number of carbonyl (C=O) groups is 1. The van der Waals surface area contributed by atoms with Crippen molar-refractivity contribution in [1.29, 1.82) is 0 Å². The maximum absolute atomic E-state index is 13.3. The lowest BCUT2D eigenvalue weighted by atomic mass is 10.2. The zero-order valence-corrected chi connectivity index (χ0v) is 14.8. The molecule has 1 N–H and O–H groups in total. The number of fused-ring (bicyclic) bond motifs is 1. The minimum atomic E-state index is -0.461. The van der Waals surface area contributed by atoms with Gasteiger partial charge in [0, 0.05) is 28.1 Å². The van der Waals surface area contributed by atoms with Gasteiger partial charge in [-0.2, -0.15) is 0 Å². The predicted octanol–water partition coefficient (Wildman–Crippen LogP) is 5.04. The van der Waals surface area contributed by atoms with Crippen LogP contribution in [0, 0.1) is 5.82 Å². The molecule has 0 saturated heterocycles. The molecular formula is C19H11BrFN3O2. The molecule has 1 amide bonds. The van der Waals surface area contributed by atoms with Crippen LogP contribution in [-0.2, 0) is 0 Å². The van der Waals surface area contributed by atoms with Crippen LogP contribution in [-0.4, -0.2) is 15.9 Å². The van der Waals surface area contributed by atoms with Gasteiger partial charge in [0.15, 0.2) is 5.58 Å². The van der Waals surface area contributed by atoms with Crippen LogP contribution < -0.4 is 5.32 Å². The molecule has 4 aromatic rings. The molecule has 0 aliphatic heterocycles. The standard InChI is InChI=1S/C19H11BrFN3O2/c20-13-6-12(9-22-10-13)19-24-16-8-15(4-5-17(16)26-19)23-18(25)11-2-1-3-14(21)7-11/h1-10H,(H,23,25).